The first kappa shape index (κ1) is 13.6. The molecule has 0 unspecified atom stereocenters. The number of amides is 1. The Morgan fingerprint density at radius 1 is 1.18 bits per heavy atom. The van der Waals surface area contributed by atoms with Gasteiger partial charge in [0.1, 0.15) is 0 Å². The molecule has 110 valence electrons. The largest absolute Gasteiger partial charge is 0.494 e. The quantitative estimate of drug-likeness (QED) is 0.596. The van der Waals surface area contributed by atoms with Gasteiger partial charge in [-0.3, -0.25) is 4.79 Å². The number of aromatic amines is 1. The molecule has 0 bridgehead atoms. The molecule has 2 aromatic rings. The molecule has 0 radical (unpaired) electrons. The normalized spacial score (nSPS) is 16.8. The molecule has 0 saturated carbocycles. The van der Waals surface area contributed by atoms with Crippen molar-refractivity contribution in [2.75, 3.05) is 4.43 Å². The fraction of sp³-hybridized carbons (Fsp3) is 0.118. The van der Waals surface area contributed by atoms with Crippen molar-refractivity contribution in [3.63, 3.8) is 0 Å². The number of rotatable bonds is 2. The number of fused-ring (bicyclic) bond motifs is 1. The van der Waals surface area contributed by atoms with Crippen molar-refractivity contribution in [1.29, 1.82) is 0 Å². The second-order valence-electron chi connectivity index (χ2n) is 5.14. The third-order valence-electron chi connectivity index (χ3n) is 3.84. The van der Waals surface area contributed by atoms with Gasteiger partial charge in [-0.25, -0.2) is 4.99 Å². The molecular weight excluding hydrogens is 391 g/mol. The van der Waals surface area contributed by atoms with Gasteiger partial charge in [0.2, 0.25) is 0 Å². The van der Waals surface area contributed by atoms with Crippen LogP contribution in [0.25, 0.3) is 5.57 Å². The lowest BCUT2D eigenvalue weighted by Crippen LogP contribution is -1.99. The molecule has 0 fully saturated rings. The SMILES string of the molecule is O=C1N=C(c2ccccc2)c2c(O)[nH]c(C3=CC=ICC3)c21. The Hall–Kier alpha value is -2.02. The lowest BCUT2D eigenvalue weighted by Gasteiger charge is -2.07. The van der Waals surface area contributed by atoms with Gasteiger partial charge in [0.25, 0.3) is 5.91 Å². The topological polar surface area (TPSA) is 65.4 Å². The van der Waals surface area contributed by atoms with E-state index in [1.165, 1.54) is 4.43 Å². The zero-order chi connectivity index (χ0) is 15.1. The van der Waals surface area contributed by atoms with Gasteiger partial charge in [-0.1, -0.05) is 36.4 Å². The van der Waals surface area contributed by atoms with Crippen molar-refractivity contribution >= 4 is 41.9 Å². The second-order valence-corrected chi connectivity index (χ2v) is 7.82. The summed E-state index contributed by atoms with van der Waals surface area (Å²) in [5.41, 5.74) is 4.25. The molecule has 1 aromatic carbocycles. The number of H-pyrrole nitrogens is 1. The van der Waals surface area contributed by atoms with Crippen LogP contribution in [0.2, 0.25) is 0 Å². The van der Waals surface area contributed by atoms with Gasteiger partial charge < -0.3 is 10.1 Å². The van der Waals surface area contributed by atoms with Crippen LogP contribution in [0.5, 0.6) is 5.88 Å². The zero-order valence-corrected chi connectivity index (χ0v) is 13.8. The van der Waals surface area contributed by atoms with Gasteiger partial charge in [0.05, 0.1) is 22.5 Å². The van der Waals surface area contributed by atoms with E-state index in [9.17, 15) is 9.90 Å². The number of nitrogens with one attached hydrogen (secondary N) is 1. The molecule has 4 nitrogen and oxygen atoms in total. The molecule has 2 N–H and O–H groups in total. The molecule has 22 heavy (non-hydrogen) atoms. The first-order valence-electron chi connectivity index (χ1n) is 7.00. The van der Waals surface area contributed by atoms with Crippen LogP contribution in [0.1, 0.15) is 33.6 Å². The van der Waals surface area contributed by atoms with E-state index >= 15 is 0 Å². The van der Waals surface area contributed by atoms with Gasteiger partial charge in [0.15, 0.2) is 5.88 Å². The van der Waals surface area contributed by atoms with E-state index in [1.54, 1.807) is 0 Å². The maximum atomic E-state index is 12.4. The molecule has 1 amide bonds. The Morgan fingerprint density at radius 3 is 2.73 bits per heavy atom. The standard InChI is InChI=1S/C17H13IN2O2/c21-16-12-13(15(20-16)11-6-8-18-9-7-11)17(22)19-14(12)10-4-2-1-3-5-10/h1-6,8,20-21H,7,9H2. The summed E-state index contributed by atoms with van der Waals surface area (Å²) in [6, 6.07) is 9.49. The number of aromatic nitrogens is 1. The molecule has 4 rings (SSSR count). The van der Waals surface area contributed by atoms with E-state index in [2.05, 4.69) is 20.1 Å². The first-order chi connectivity index (χ1) is 10.8. The van der Waals surface area contributed by atoms with E-state index in [4.69, 9.17) is 0 Å². The molecule has 1 aromatic heterocycles. The number of alkyl halides is 1. The summed E-state index contributed by atoms with van der Waals surface area (Å²) in [6.07, 6.45) is 3.03. The molecule has 2 aliphatic heterocycles. The Balaban J connectivity index is 1.88. The summed E-state index contributed by atoms with van der Waals surface area (Å²) in [6.45, 7) is 0. The molecule has 0 atom stereocenters. The van der Waals surface area contributed by atoms with Gasteiger partial charge in [0, 0.05) is 5.56 Å². The monoisotopic (exact) mass is 404 g/mol. The number of aliphatic imine (C=N–C) groups is 1. The van der Waals surface area contributed by atoms with E-state index in [1.807, 2.05) is 30.3 Å². The van der Waals surface area contributed by atoms with Crippen LogP contribution >= 0.6 is 20.7 Å². The summed E-state index contributed by atoms with van der Waals surface area (Å²) in [5.74, 6) is -0.249. The van der Waals surface area contributed by atoms with Crippen LogP contribution in [-0.2, 0) is 0 Å². The number of hydrogen-bond acceptors (Lipinski definition) is 2. The van der Waals surface area contributed by atoms with E-state index in [0.29, 0.717) is 16.8 Å². The highest BCUT2D eigenvalue weighted by Crippen LogP contribution is 2.37. The summed E-state index contributed by atoms with van der Waals surface area (Å²) >= 11 is 0.147. The number of halogens is 1. The predicted octanol–water partition coefficient (Wildman–Crippen LogP) is 3.27. The van der Waals surface area contributed by atoms with Crippen molar-refractivity contribution < 1.29 is 9.90 Å². The maximum absolute atomic E-state index is 12.4. The van der Waals surface area contributed by atoms with Crippen LogP contribution in [-0.4, -0.2) is 30.1 Å². The van der Waals surface area contributed by atoms with Crippen molar-refractivity contribution in [1.82, 2.24) is 4.98 Å². The third-order valence-corrected chi connectivity index (χ3v) is 5.87. The number of allylic oxidation sites excluding steroid dienone is 2. The Bertz CT molecular complexity index is 860. The summed E-state index contributed by atoms with van der Waals surface area (Å²) in [5, 5.41) is 10.3. The highest BCUT2D eigenvalue weighted by molar-refractivity contribution is 14.2. The highest BCUT2D eigenvalue weighted by atomic mass is 127. The average Bonchev–Trinajstić information content (AvgIpc) is 3.09. The number of hydrogen-bond donors (Lipinski definition) is 2. The minimum Gasteiger partial charge on any atom is -0.494 e. The van der Waals surface area contributed by atoms with Gasteiger partial charge in [-0.15, -0.1) is 20.7 Å². The van der Waals surface area contributed by atoms with E-state index in [0.717, 1.165) is 23.3 Å². The molecule has 0 spiro atoms. The number of carbonyl (C=O) groups is 1. The lowest BCUT2D eigenvalue weighted by atomic mass is 9.99. The molecule has 0 aliphatic carbocycles. The van der Waals surface area contributed by atoms with Gasteiger partial charge in [-0.05, 0) is 20.4 Å². The van der Waals surface area contributed by atoms with Crippen molar-refractivity contribution in [3.05, 3.63) is 58.8 Å². The second kappa shape index (κ2) is 5.31. The van der Waals surface area contributed by atoms with Crippen LogP contribution in [0.4, 0.5) is 0 Å². The fourth-order valence-corrected chi connectivity index (χ4v) is 4.76. The number of benzene rings is 1. The van der Waals surface area contributed by atoms with Gasteiger partial charge >= 0.3 is 0 Å². The predicted molar refractivity (Wildman–Crippen MR) is 96.4 cm³/mol. The Labute approximate surface area is 137 Å². The maximum Gasteiger partial charge on any atom is 0.280 e. The average molecular weight is 404 g/mol. The van der Waals surface area contributed by atoms with Gasteiger partial charge in [-0.2, -0.15) is 0 Å². The Morgan fingerprint density at radius 2 is 2.00 bits per heavy atom. The smallest absolute Gasteiger partial charge is 0.280 e. The number of nitrogens with zero attached hydrogens (tertiary/aromatic N) is 1. The van der Waals surface area contributed by atoms with E-state index in [-0.39, 0.29) is 32.5 Å². The first-order valence-corrected chi connectivity index (χ1v) is 9.77. The third kappa shape index (κ3) is 2.08. The molecule has 3 heterocycles. The van der Waals surface area contributed by atoms with E-state index < -0.39 is 0 Å². The lowest BCUT2D eigenvalue weighted by molar-refractivity contribution is 0.101. The summed E-state index contributed by atoms with van der Waals surface area (Å²) in [7, 11) is 0. The Kier molecular flexibility index (Phi) is 3.29. The van der Waals surface area contributed by atoms with Crippen LogP contribution in [0.15, 0.2) is 41.4 Å². The van der Waals surface area contributed by atoms with Crippen LogP contribution in [0, 0.1) is 0 Å². The number of aromatic hydroxyl groups is 1. The molecule has 2 aliphatic rings. The van der Waals surface area contributed by atoms with Crippen molar-refractivity contribution in [3.8, 4) is 5.88 Å². The van der Waals surface area contributed by atoms with Crippen molar-refractivity contribution in [2.24, 2.45) is 4.99 Å². The molecular formula is C17H13IN2O2. The van der Waals surface area contributed by atoms with Crippen LogP contribution in [0.3, 0.4) is 0 Å². The minimum absolute atomic E-state index is 0.0274. The van der Waals surface area contributed by atoms with Crippen LogP contribution < -0.4 is 0 Å². The highest BCUT2D eigenvalue weighted by Gasteiger charge is 2.33. The number of carbonyl (C=O) groups excluding carboxylic acids is 1. The molecule has 0 saturated heterocycles. The van der Waals surface area contributed by atoms with Crippen molar-refractivity contribution in [2.45, 2.75) is 6.42 Å². The summed E-state index contributed by atoms with van der Waals surface area (Å²) < 4.78 is 3.38. The zero-order valence-electron chi connectivity index (χ0n) is 11.6. The molecule has 5 heteroatoms. The summed E-state index contributed by atoms with van der Waals surface area (Å²) in [4.78, 5) is 19.5. The minimum atomic E-state index is -0.276. The fourth-order valence-electron chi connectivity index (χ4n) is 2.82.